The number of nitrogens with zero attached hydrogens (tertiary/aromatic N) is 1. The highest BCUT2D eigenvalue weighted by Gasteiger charge is 2.41. The Balaban J connectivity index is 2.82. The Hall–Kier alpha value is -0.0800. The molecule has 1 saturated carbocycles. The van der Waals surface area contributed by atoms with Gasteiger partial charge in [-0.1, -0.05) is 46.5 Å². The van der Waals surface area contributed by atoms with Crippen molar-refractivity contribution in [3.63, 3.8) is 0 Å². The van der Waals surface area contributed by atoms with Gasteiger partial charge in [0.2, 0.25) is 0 Å². The molecule has 0 saturated heterocycles. The summed E-state index contributed by atoms with van der Waals surface area (Å²) in [6, 6.07) is 0.665. The Kier molecular flexibility index (Phi) is 7.38. The highest BCUT2D eigenvalue weighted by atomic mass is 15.2. The third kappa shape index (κ3) is 4.46. The maximum absolute atomic E-state index is 3.88. The van der Waals surface area contributed by atoms with Crippen LogP contribution in [0.2, 0.25) is 0 Å². The third-order valence-electron chi connectivity index (χ3n) is 5.23. The largest absolute Gasteiger partial charge is 0.312 e. The Labute approximate surface area is 121 Å². The minimum Gasteiger partial charge on any atom is -0.312 e. The van der Waals surface area contributed by atoms with E-state index in [2.05, 4.69) is 45.1 Å². The summed E-state index contributed by atoms with van der Waals surface area (Å²) in [5.74, 6) is 0.827. The molecule has 2 unspecified atom stereocenters. The van der Waals surface area contributed by atoms with Crippen LogP contribution < -0.4 is 5.32 Å². The molecule has 0 bridgehead atoms. The minimum absolute atomic E-state index is 0.400. The standard InChI is InChI=1S/C17H36N2/c1-6-13-18-16(14-15(3)7-2)17(19(4)5)11-9-8-10-12-17/h15-16,18H,6-14H2,1-5H3. The second kappa shape index (κ2) is 8.26. The van der Waals surface area contributed by atoms with E-state index >= 15 is 0 Å². The zero-order valence-electron chi connectivity index (χ0n) is 14.0. The van der Waals surface area contributed by atoms with Crippen LogP contribution >= 0.6 is 0 Å². The van der Waals surface area contributed by atoms with Gasteiger partial charge in [-0.3, -0.25) is 0 Å². The molecular formula is C17H36N2. The van der Waals surface area contributed by atoms with Crippen LogP contribution in [0.25, 0.3) is 0 Å². The summed E-state index contributed by atoms with van der Waals surface area (Å²) in [6.07, 6.45) is 10.9. The molecule has 1 N–H and O–H groups in total. The van der Waals surface area contributed by atoms with Gasteiger partial charge in [0.05, 0.1) is 0 Å². The van der Waals surface area contributed by atoms with E-state index in [4.69, 9.17) is 0 Å². The lowest BCUT2D eigenvalue weighted by atomic mass is 9.72. The first-order chi connectivity index (χ1) is 9.06. The average Bonchev–Trinajstić information content (AvgIpc) is 2.43. The molecule has 1 aliphatic carbocycles. The van der Waals surface area contributed by atoms with Gasteiger partial charge in [-0.2, -0.15) is 0 Å². The molecule has 0 amide bonds. The van der Waals surface area contributed by atoms with Crippen molar-refractivity contribution in [3.05, 3.63) is 0 Å². The molecule has 0 aliphatic heterocycles. The van der Waals surface area contributed by atoms with Crippen LogP contribution in [0.5, 0.6) is 0 Å². The maximum atomic E-state index is 3.88. The zero-order chi connectivity index (χ0) is 14.3. The second-order valence-corrected chi connectivity index (χ2v) is 6.81. The van der Waals surface area contributed by atoms with Crippen molar-refractivity contribution in [2.45, 2.75) is 83.7 Å². The van der Waals surface area contributed by atoms with E-state index in [1.165, 1.54) is 51.4 Å². The van der Waals surface area contributed by atoms with Gasteiger partial charge >= 0.3 is 0 Å². The van der Waals surface area contributed by atoms with Crippen LogP contribution in [0.3, 0.4) is 0 Å². The molecule has 19 heavy (non-hydrogen) atoms. The Morgan fingerprint density at radius 3 is 2.21 bits per heavy atom. The molecule has 0 aromatic carbocycles. The summed E-state index contributed by atoms with van der Waals surface area (Å²) < 4.78 is 0. The Bertz CT molecular complexity index is 231. The van der Waals surface area contributed by atoms with E-state index in [0.717, 1.165) is 12.5 Å². The third-order valence-corrected chi connectivity index (χ3v) is 5.23. The summed E-state index contributed by atoms with van der Waals surface area (Å²) in [7, 11) is 4.59. The second-order valence-electron chi connectivity index (χ2n) is 6.81. The fraction of sp³-hybridized carbons (Fsp3) is 1.00. The molecule has 0 radical (unpaired) electrons. The smallest absolute Gasteiger partial charge is 0.0356 e. The van der Waals surface area contributed by atoms with Gasteiger partial charge in [0.15, 0.2) is 0 Å². The summed E-state index contributed by atoms with van der Waals surface area (Å²) in [5.41, 5.74) is 0.400. The highest BCUT2D eigenvalue weighted by Crippen LogP contribution is 2.37. The fourth-order valence-electron chi connectivity index (χ4n) is 3.65. The molecule has 0 heterocycles. The molecule has 114 valence electrons. The zero-order valence-corrected chi connectivity index (χ0v) is 14.0. The molecule has 0 aromatic rings. The number of likely N-dealkylation sites (N-methyl/N-ethyl adjacent to an activating group) is 1. The number of hydrogen-bond donors (Lipinski definition) is 1. The van der Waals surface area contributed by atoms with Crippen LogP contribution in [0.4, 0.5) is 0 Å². The molecule has 2 nitrogen and oxygen atoms in total. The van der Waals surface area contributed by atoms with Crippen molar-refractivity contribution in [1.82, 2.24) is 10.2 Å². The number of hydrogen-bond acceptors (Lipinski definition) is 2. The van der Waals surface area contributed by atoms with E-state index in [1.54, 1.807) is 0 Å². The summed E-state index contributed by atoms with van der Waals surface area (Å²) in [6.45, 7) is 8.17. The van der Waals surface area contributed by atoms with Crippen LogP contribution in [0, 0.1) is 5.92 Å². The lowest BCUT2D eigenvalue weighted by Crippen LogP contribution is -2.60. The van der Waals surface area contributed by atoms with E-state index in [1.807, 2.05) is 0 Å². The van der Waals surface area contributed by atoms with Crippen LogP contribution in [0.15, 0.2) is 0 Å². The summed E-state index contributed by atoms with van der Waals surface area (Å²) in [4.78, 5) is 2.53. The number of nitrogens with one attached hydrogen (secondary N) is 1. The van der Waals surface area contributed by atoms with E-state index in [0.29, 0.717) is 11.6 Å². The molecule has 1 fully saturated rings. The molecule has 1 aliphatic rings. The van der Waals surface area contributed by atoms with Crippen molar-refractivity contribution < 1.29 is 0 Å². The predicted octanol–water partition coefficient (Wildman–Crippen LogP) is 4.06. The number of rotatable bonds is 8. The topological polar surface area (TPSA) is 15.3 Å². The normalized spacial score (nSPS) is 22.4. The monoisotopic (exact) mass is 268 g/mol. The van der Waals surface area contributed by atoms with Crippen molar-refractivity contribution in [2.24, 2.45) is 5.92 Å². The van der Waals surface area contributed by atoms with Gasteiger partial charge in [0.25, 0.3) is 0 Å². The van der Waals surface area contributed by atoms with E-state index in [-0.39, 0.29) is 0 Å². The lowest BCUT2D eigenvalue weighted by Gasteiger charge is -2.49. The van der Waals surface area contributed by atoms with Crippen LogP contribution in [0.1, 0.15) is 72.1 Å². The average molecular weight is 268 g/mol. The van der Waals surface area contributed by atoms with Gasteiger partial charge in [-0.15, -0.1) is 0 Å². The van der Waals surface area contributed by atoms with Crippen LogP contribution in [-0.2, 0) is 0 Å². The molecule has 1 rings (SSSR count). The predicted molar refractivity (Wildman–Crippen MR) is 85.7 cm³/mol. The Morgan fingerprint density at radius 1 is 1.11 bits per heavy atom. The molecule has 0 spiro atoms. The van der Waals surface area contributed by atoms with Gasteiger partial charge in [0, 0.05) is 11.6 Å². The van der Waals surface area contributed by atoms with Crippen molar-refractivity contribution in [2.75, 3.05) is 20.6 Å². The van der Waals surface area contributed by atoms with Gasteiger partial charge < -0.3 is 10.2 Å². The highest BCUT2D eigenvalue weighted by molar-refractivity contribution is 5.00. The first-order valence-electron chi connectivity index (χ1n) is 8.47. The maximum Gasteiger partial charge on any atom is 0.0356 e. The summed E-state index contributed by atoms with van der Waals surface area (Å²) >= 11 is 0. The molecular weight excluding hydrogens is 232 g/mol. The van der Waals surface area contributed by atoms with Crippen molar-refractivity contribution in [1.29, 1.82) is 0 Å². The quantitative estimate of drug-likeness (QED) is 0.714. The van der Waals surface area contributed by atoms with Crippen LogP contribution in [-0.4, -0.2) is 37.1 Å². The first kappa shape index (κ1) is 17.0. The van der Waals surface area contributed by atoms with Crippen molar-refractivity contribution >= 4 is 0 Å². The Morgan fingerprint density at radius 2 is 1.74 bits per heavy atom. The SMILES string of the molecule is CCCNC(CC(C)CC)C1(N(C)C)CCCCC1. The van der Waals surface area contributed by atoms with Crippen molar-refractivity contribution in [3.8, 4) is 0 Å². The van der Waals surface area contributed by atoms with Gasteiger partial charge in [0.1, 0.15) is 0 Å². The molecule has 2 heteroatoms. The minimum atomic E-state index is 0.400. The van der Waals surface area contributed by atoms with E-state index in [9.17, 15) is 0 Å². The van der Waals surface area contributed by atoms with Gasteiger partial charge in [-0.05, 0) is 52.2 Å². The van der Waals surface area contributed by atoms with Gasteiger partial charge in [-0.25, -0.2) is 0 Å². The molecule has 0 aromatic heterocycles. The van der Waals surface area contributed by atoms with E-state index < -0.39 is 0 Å². The molecule has 2 atom stereocenters. The lowest BCUT2D eigenvalue weighted by molar-refractivity contribution is 0.0475. The first-order valence-corrected chi connectivity index (χ1v) is 8.47. The fourth-order valence-corrected chi connectivity index (χ4v) is 3.65. The summed E-state index contributed by atoms with van der Waals surface area (Å²) in [5, 5.41) is 3.88.